The smallest absolute Gasteiger partial charge is 0.859 e. The number of carboxylic acid groups (broad SMARTS) is 1. The fourth-order valence-electron chi connectivity index (χ4n) is 1.04. The Morgan fingerprint density at radius 2 is 2.00 bits per heavy atom. The van der Waals surface area contributed by atoms with Crippen LogP contribution < -0.4 is 56.5 Å². The van der Waals surface area contributed by atoms with E-state index >= 15 is 0 Å². The molecule has 0 rings (SSSR count). The summed E-state index contributed by atoms with van der Waals surface area (Å²) in [4.78, 5) is 13.8. The van der Waals surface area contributed by atoms with Gasteiger partial charge in [0.15, 0.2) is 0 Å². The molecule has 0 bridgehead atoms. The summed E-state index contributed by atoms with van der Waals surface area (Å²) in [5.74, 6) is -1.61. The van der Waals surface area contributed by atoms with E-state index in [-0.39, 0.29) is 51.4 Å². The van der Waals surface area contributed by atoms with Crippen molar-refractivity contribution in [1.82, 2.24) is 0 Å². The molecule has 0 radical (unpaired) electrons. The Kier molecular flexibility index (Phi) is 16.1. The van der Waals surface area contributed by atoms with E-state index in [9.17, 15) is 9.90 Å². The van der Waals surface area contributed by atoms with Crippen LogP contribution in [0.1, 0.15) is 32.6 Å². The third-order valence-electron chi connectivity index (χ3n) is 1.82. The van der Waals surface area contributed by atoms with E-state index in [0.29, 0.717) is 6.54 Å². The normalized spacial score (nSPS) is 11.9. The number of nitrogens with zero attached hydrogens (tertiary/aromatic N) is 1. The van der Waals surface area contributed by atoms with Crippen LogP contribution in [0.5, 0.6) is 0 Å². The first-order valence-corrected chi connectivity index (χ1v) is 5.44. The van der Waals surface area contributed by atoms with Gasteiger partial charge in [0.2, 0.25) is 0 Å². The maximum Gasteiger partial charge on any atom is 1.00 e. The largest absolute Gasteiger partial charge is 1.00 e. The van der Waals surface area contributed by atoms with Crippen LogP contribution in [0.15, 0.2) is 29.3 Å². The quantitative estimate of drug-likeness (QED) is 0.145. The molecule has 0 spiro atoms. The molecule has 90 valence electrons. The monoisotopic (exact) mass is 263 g/mol. The van der Waals surface area contributed by atoms with E-state index in [4.69, 9.17) is 5.11 Å². The molecule has 0 aliphatic rings. The zero-order chi connectivity index (χ0) is 12.2. The predicted octanol–water partition coefficient (Wildman–Crippen LogP) is -1.47. The molecule has 0 atom stereocenters. The number of allylic oxidation sites excluding steroid dienone is 2. The molecule has 0 aromatic rings. The van der Waals surface area contributed by atoms with Crippen LogP contribution >= 0.6 is 0 Å². The van der Waals surface area contributed by atoms with Crippen molar-refractivity contribution in [1.29, 1.82) is 0 Å². The number of rotatable bonds is 8. The molecule has 0 aliphatic carbocycles. The van der Waals surface area contributed by atoms with Gasteiger partial charge in [-0.15, -0.1) is 0 Å². The fraction of sp³-hybridized carbons (Fsp3) is 0.500. The second-order valence-corrected chi connectivity index (χ2v) is 3.27. The Bertz CT molecular complexity index is 285. The van der Waals surface area contributed by atoms with Gasteiger partial charge in [-0.05, 0) is 37.7 Å². The maximum absolute atomic E-state index is 11.0. The minimum Gasteiger partial charge on any atom is -0.859 e. The van der Waals surface area contributed by atoms with E-state index in [1.165, 1.54) is 0 Å². The molecule has 4 nitrogen and oxygen atoms in total. The van der Waals surface area contributed by atoms with Crippen LogP contribution in [-0.4, -0.2) is 23.5 Å². The number of carboxylic acids is 1. The van der Waals surface area contributed by atoms with Gasteiger partial charge in [-0.3, -0.25) is 0 Å². The van der Waals surface area contributed by atoms with Crippen molar-refractivity contribution in [2.24, 2.45) is 4.99 Å². The third-order valence-corrected chi connectivity index (χ3v) is 1.82. The van der Waals surface area contributed by atoms with Crippen LogP contribution in [0, 0.1) is 0 Å². The number of aliphatic imine (C=N–C) groups is 1. The Labute approximate surface area is 145 Å². The SMILES string of the molecule is CC/C=C/CCCCN=C([O-])/C=C/C(=O)O.[K+]. The van der Waals surface area contributed by atoms with E-state index in [2.05, 4.69) is 24.1 Å². The van der Waals surface area contributed by atoms with E-state index < -0.39 is 11.9 Å². The Morgan fingerprint density at radius 3 is 2.59 bits per heavy atom. The van der Waals surface area contributed by atoms with Crippen molar-refractivity contribution < 1.29 is 66.4 Å². The van der Waals surface area contributed by atoms with Crippen molar-refractivity contribution >= 4 is 11.9 Å². The molecular formula is C12H18KNO3. The third kappa shape index (κ3) is 16.1. The van der Waals surface area contributed by atoms with Gasteiger partial charge in [-0.25, -0.2) is 4.79 Å². The zero-order valence-electron chi connectivity index (χ0n) is 10.6. The molecule has 0 saturated heterocycles. The minimum atomic E-state index is -1.13. The van der Waals surface area contributed by atoms with Crippen molar-refractivity contribution in [3.05, 3.63) is 24.3 Å². The second-order valence-electron chi connectivity index (χ2n) is 3.27. The number of hydrogen-bond acceptors (Lipinski definition) is 3. The number of aliphatic carboxylic acids is 1. The number of hydrogen-bond donors (Lipinski definition) is 1. The summed E-state index contributed by atoms with van der Waals surface area (Å²) in [6.45, 7) is 2.54. The molecule has 5 heteroatoms. The Morgan fingerprint density at radius 1 is 1.29 bits per heavy atom. The van der Waals surface area contributed by atoms with Crippen LogP contribution in [0.3, 0.4) is 0 Å². The van der Waals surface area contributed by atoms with Crippen LogP contribution in [0.4, 0.5) is 0 Å². The molecule has 0 saturated carbocycles. The van der Waals surface area contributed by atoms with Gasteiger partial charge >= 0.3 is 57.4 Å². The first kappa shape index (κ1) is 19.4. The molecule has 0 aliphatic heterocycles. The summed E-state index contributed by atoms with van der Waals surface area (Å²) >= 11 is 0. The van der Waals surface area contributed by atoms with Gasteiger partial charge in [-0.1, -0.05) is 19.1 Å². The van der Waals surface area contributed by atoms with Crippen molar-refractivity contribution in [2.45, 2.75) is 32.6 Å². The van der Waals surface area contributed by atoms with Gasteiger partial charge < -0.3 is 15.2 Å². The first-order valence-electron chi connectivity index (χ1n) is 5.44. The van der Waals surface area contributed by atoms with Crippen LogP contribution in [0.2, 0.25) is 0 Å². The molecule has 0 unspecified atom stereocenters. The van der Waals surface area contributed by atoms with E-state index in [1.807, 2.05) is 0 Å². The Balaban J connectivity index is 0. The summed E-state index contributed by atoms with van der Waals surface area (Å²) in [6.07, 6.45) is 9.89. The van der Waals surface area contributed by atoms with Crippen molar-refractivity contribution in [3.8, 4) is 0 Å². The molecule has 0 aromatic carbocycles. The summed E-state index contributed by atoms with van der Waals surface area (Å²) < 4.78 is 0. The summed E-state index contributed by atoms with van der Waals surface area (Å²) in [5, 5.41) is 19.2. The standard InChI is InChI=1S/C12H19NO3.K/c1-2-3-4-5-6-7-10-13-11(14)8-9-12(15)16;/h3-4,8-9H,2,5-7,10H2,1H3,(H,13,14)(H,15,16);/q;+1/p-1/b4-3+,9-8+;. The molecule has 0 heterocycles. The van der Waals surface area contributed by atoms with Gasteiger partial charge in [0, 0.05) is 12.6 Å². The zero-order valence-corrected chi connectivity index (χ0v) is 13.7. The average molecular weight is 263 g/mol. The molecular weight excluding hydrogens is 245 g/mol. The van der Waals surface area contributed by atoms with Gasteiger partial charge in [0.05, 0.1) is 0 Å². The maximum atomic E-state index is 11.0. The second kappa shape index (κ2) is 14.1. The average Bonchev–Trinajstić information content (AvgIpc) is 2.25. The molecule has 0 amide bonds. The van der Waals surface area contributed by atoms with Crippen LogP contribution in [0.25, 0.3) is 0 Å². The van der Waals surface area contributed by atoms with E-state index in [0.717, 1.165) is 37.8 Å². The fourth-order valence-corrected chi connectivity index (χ4v) is 1.04. The van der Waals surface area contributed by atoms with E-state index in [1.54, 1.807) is 0 Å². The molecule has 0 fully saturated rings. The molecule has 1 N–H and O–H groups in total. The minimum absolute atomic E-state index is 0. The van der Waals surface area contributed by atoms with Crippen LogP contribution in [-0.2, 0) is 4.79 Å². The topological polar surface area (TPSA) is 72.7 Å². The van der Waals surface area contributed by atoms with Gasteiger partial charge in [0.25, 0.3) is 0 Å². The predicted molar refractivity (Wildman–Crippen MR) is 62.4 cm³/mol. The summed E-state index contributed by atoms with van der Waals surface area (Å²) in [7, 11) is 0. The van der Waals surface area contributed by atoms with Gasteiger partial charge in [-0.2, -0.15) is 0 Å². The van der Waals surface area contributed by atoms with Gasteiger partial charge in [0.1, 0.15) is 0 Å². The van der Waals surface area contributed by atoms with Crippen molar-refractivity contribution in [3.63, 3.8) is 0 Å². The number of carbonyl (C=O) groups is 1. The summed E-state index contributed by atoms with van der Waals surface area (Å²) in [6, 6.07) is 0. The first-order chi connectivity index (χ1) is 7.66. The number of unbranched alkanes of at least 4 members (excludes halogenated alkanes) is 2. The molecule has 0 aromatic heterocycles. The van der Waals surface area contributed by atoms with Crippen molar-refractivity contribution in [2.75, 3.05) is 6.54 Å². The summed E-state index contributed by atoms with van der Waals surface area (Å²) in [5.41, 5.74) is 0. The Hall–Kier alpha value is 0.0564. The molecule has 17 heavy (non-hydrogen) atoms.